The number of aromatic nitrogens is 2. The van der Waals surface area contributed by atoms with Crippen LogP contribution in [-0.4, -0.2) is 33.4 Å². The first-order valence-electron chi connectivity index (χ1n) is 8.37. The summed E-state index contributed by atoms with van der Waals surface area (Å²) in [5, 5.41) is 0.564. The monoisotopic (exact) mass is 345 g/mol. The maximum Gasteiger partial charge on any atom is 0.231 e. The normalized spacial score (nSPS) is 18.6. The van der Waals surface area contributed by atoms with E-state index in [4.69, 9.17) is 10.5 Å². The van der Waals surface area contributed by atoms with Crippen LogP contribution in [0.15, 0.2) is 41.7 Å². The predicted molar refractivity (Wildman–Crippen MR) is 95.8 cm³/mol. The Morgan fingerprint density at radius 3 is 2.88 bits per heavy atom. The van der Waals surface area contributed by atoms with Crippen LogP contribution in [0.2, 0.25) is 0 Å². The van der Waals surface area contributed by atoms with Gasteiger partial charge in [0.15, 0.2) is 5.16 Å². The highest BCUT2D eigenvalue weighted by Gasteiger charge is 2.23. The smallest absolute Gasteiger partial charge is 0.231 e. The Morgan fingerprint density at radius 2 is 2.25 bits per heavy atom. The number of ether oxygens (including phenoxy) is 1. The van der Waals surface area contributed by atoms with Crippen LogP contribution in [0.5, 0.6) is 0 Å². The Kier molecular flexibility index (Phi) is 5.58. The molecule has 2 atom stereocenters. The van der Waals surface area contributed by atoms with Crippen LogP contribution in [0.25, 0.3) is 11.3 Å². The molecule has 2 aromatic rings. The second kappa shape index (κ2) is 7.85. The van der Waals surface area contributed by atoms with Gasteiger partial charge in [-0.3, -0.25) is 4.79 Å². The molecule has 0 saturated carbocycles. The Labute approximate surface area is 146 Å². The molecule has 5 nitrogen and oxygen atoms in total. The lowest BCUT2D eigenvalue weighted by molar-refractivity contribution is -0.117. The third-order valence-electron chi connectivity index (χ3n) is 4.23. The molecular weight excluding hydrogens is 322 g/mol. The molecule has 6 heteroatoms. The van der Waals surface area contributed by atoms with Gasteiger partial charge in [-0.1, -0.05) is 49.0 Å². The third kappa shape index (κ3) is 3.82. The molecule has 1 amide bonds. The van der Waals surface area contributed by atoms with Crippen LogP contribution in [-0.2, 0) is 16.1 Å². The molecule has 1 saturated heterocycles. The van der Waals surface area contributed by atoms with Crippen molar-refractivity contribution in [3.05, 3.63) is 36.5 Å². The maximum absolute atomic E-state index is 11.6. The van der Waals surface area contributed by atoms with Gasteiger partial charge in [-0.2, -0.15) is 0 Å². The average Bonchev–Trinajstić information content (AvgIpc) is 3.24. The molecule has 0 spiro atoms. The number of primary amides is 1. The zero-order valence-electron chi connectivity index (χ0n) is 13.9. The van der Waals surface area contributed by atoms with Gasteiger partial charge in [-0.05, 0) is 24.8 Å². The molecule has 0 radical (unpaired) electrons. The van der Waals surface area contributed by atoms with Crippen molar-refractivity contribution in [2.45, 2.75) is 49.2 Å². The summed E-state index contributed by atoms with van der Waals surface area (Å²) in [6.45, 7) is 3.54. The van der Waals surface area contributed by atoms with E-state index in [1.807, 2.05) is 31.3 Å². The summed E-state index contributed by atoms with van der Waals surface area (Å²) in [5.41, 5.74) is 7.67. The molecule has 1 fully saturated rings. The lowest BCUT2D eigenvalue weighted by atomic mass is 10.1. The fourth-order valence-corrected chi connectivity index (χ4v) is 3.88. The summed E-state index contributed by atoms with van der Waals surface area (Å²) in [6, 6.07) is 10.2. The molecule has 0 bridgehead atoms. The van der Waals surface area contributed by atoms with Crippen molar-refractivity contribution in [2.24, 2.45) is 5.73 Å². The van der Waals surface area contributed by atoms with Crippen LogP contribution in [0.1, 0.15) is 26.2 Å². The van der Waals surface area contributed by atoms with Gasteiger partial charge in [0.25, 0.3) is 0 Å². The molecule has 1 aromatic heterocycles. The topological polar surface area (TPSA) is 70.1 Å². The highest BCUT2D eigenvalue weighted by molar-refractivity contribution is 8.00. The van der Waals surface area contributed by atoms with Crippen LogP contribution in [0.3, 0.4) is 0 Å². The zero-order chi connectivity index (χ0) is 16.9. The summed E-state index contributed by atoms with van der Waals surface area (Å²) in [5.74, 6) is -0.296. The Balaban J connectivity index is 1.92. The van der Waals surface area contributed by atoms with Crippen LogP contribution >= 0.6 is 11.8 Å². The van der Waals surface area contributed by atoms with E-state index in [0.717, 1.165) is 42.4 Å². The Hall–Kier alpha value is -1.79. The maximum atomic E-state index is 11.6. The van der Waals surface area contributed by atoms with Crippen molar-refractivity contribution < 1.29 is 9.53 Å². The van der Waals surface area contributed by atoms with Crippen molar-refractivity contribution >= 4 is 17.7 Å². The number of benzene rings is 1. The van der Waals surface area contributed by atoms with Gasteiger partial charge in [-0.25, -0.2) is 4.98 Å². The number of nitrogens with zero attached hydrogens (tertiary/aromatic N) is 2. The molecule has 24 heavy (non-hydrogen) atoms. The summed E-state index contributed by atoms with van der Waals surface area (Å²) in [4.78, 5) is 16.2. The van der Waals surface area contributed by atoms with E-state index in [9.17, 15) is 4.79 Å². The second-order valence-electron chi connectivity index (χ2n) is 5.95. The number of carbonyl (C=O) groups is 1. The van der Waals surface area contributed by atoms with E-state index in [-0.39, 0.29) is 17.3 Å². The number of carbonyl (C=O) groups excluding carboxylic acids is 1. The number of hydrogen-bond donors (Lipinski definition) is 1. The Bertz CT molecular complexity index is 681. The van der Waals surface area contributed by atoms with Gasteiger partial charge in [0, 0.05) is 6.61 Å². The minimum Gasteiger partial charge on any atom is -0.376 e. The lowest BCUT2D eigenvalue weighted by Crippen LogP contribution is -2.26. The number of hydrogen-bond acceptors (Lipinski definition) is 4. The SMILES string of the molecule is CC[C@@H](Sc1ncc(-c2ccccc2)n1C[C@@H]1CCCO1)C(N)=O. The average molecular weight is 345 g/mol. The highest BCUT2D eigenvalue weighted by atomic mass is 32.2. The quantitative estimate of drug-likeness (QED) is 0.783. The van der Waals surface area contributed by atoms with Crippen LogP contribution in [0, 0.1) is 0 Å². The number of rotatable bonds is 7. The van der Waals surface area contributed by atoms with Gasteiger partial charge in [0.05, 0.1) is 29.8 Å². The van der Waals surface area contributed by atoms with Gasteiger partial charge in [-0.15, -0.1) is 0 Å². The fraction of sp³-hybridized carbons (Fsp3) is 0.444. The third-order valence-corrected chi connectivity index (χ3v) is 5.62. The summed E-state index contributed by atoms with van der Waals surface area (Å²) >= 11 is 1.44. The van der Waals surface area contributed by atoms with E-state index < -0.39 is 0 Å². The molecular formula is C18H23N3O2S. The minimum atomic E-state index is -0.296. The molecule has 1 aromatic carbocycles. The van der Waals surface area contributed by atoms with E-state index in [2.05, 4.69) is 21.7 Å². The molecule has 0 unspecified atom stereocenters. The summed E-state index contributed by atoms with van der Waals surface area (Å²) < 4.78 is 7.97. The van der Waals surface area contributed by atoms with Gasteiger partial charge < -0.3 is 15.0 Å². The molecule has 3 rings (SSSR count). The van der Waals surface area contributed by atoms with Crippen molar-refractivity contribution in [3.8, 4) is 11.3 Å². The Morgan fingerprint density at radius 1 is 1.46 bits per heavy atom. The first kappa shape index (κ1) is 17.0. The molecule has 1 aliphatic heterocycles. The molecule has 2 heterocycles. The predicted octanol–water partition coefficient (Wildman–Crippen LogP) is 3.09. The van der Waals surface area contributed by atoms with E-state index in [0.29, 0.717) is 6.42 Å². The van der Waals surface area contributed by atoms with E-state index >= 15 is 0 Å². The summed E-state index contributed by atoms with van der Waals surface area (Å²) in [7, 11) is 0. The molecule has 2 N–H and O–H groups in total. The van der Waals surface area contributed by atoms with Crippen molar-refractivity contribution in [1.82, 2.24) is 9.55 Å². The largest absolute Gasteiger partial charge is 0.376 e. The van der Waals surface area contributed by atoms with Crippen LogP contribution < -0.4 is 5.73 Å². The van der Waals surface area contributed by atoms with Crippen molar-refractivity contribution in [1.29, 1.82) is 0 Å². The molecule has 1 aliphatic rings. The zero-order valence-corrected chi connectivity index (χ0v) is 14.7. The molecule has 128 valence electrons. The fourth-order valence-electron chi connectivity index (χ4n) is 2.93. The minimum absolute atomic E-state index is 0.203. The van der Waals surface area contributed by atoms with Crippen LogP contribution in [0.4, 0.5) is 0 Å². The second-order valence-corrected chi connectivity index (χ2v) is 7.12. The highest BCUT2D eigenvalue weighted by Crippen LogP contribution is 2.31. The van der Waals surface area contributed by atoms with Gasteiger partial charge >= 0.3 is 0 Å². The number of thioether (sulfide) groups is 1. The van der Waals surface area contributed by atoms with E-state index in [1.54, 1.807) is 0 Å². The first-order valence-corrected chi connectivity index (χ1v) is 9.25. The number of amides is 1. The van der Waals surface area contributed by atoms with Crippen molar-refractivity contribution in [2.75, 3.05) is 6.61 Å². The summed E-state index contributed by atoms with van der Waals surface area (Å²) in [6.07, 6.45) is 4.92. The van der Waals surface area contributed by atoms with Gasteiger partial charge in [0.2, 0.25) is 5.91 Å². The lowest BCUT2D eigenvalue weighted by Gasteiger charge is -2.17. The molecule has 0 aliphatic carbocycles. The standard InChI is InChI=1S/C18H23N3O2S/c1-2-16(17(19)22)24-18-20-11-15(13-7-4-3-5-8-13)21(18)12-14-9-6-10-23-14/h3-5,7-8,11,14,16H,2,6,9-10,12H2,1H3,(H2,19,22)/t14-,16+/m0/s1. The first-order chi connectivity index (χ1) is 11.7. The van der Waals surface area contributed by atoms with E-state index in [1.165, 1.54) is 11.8 Å². The number of imidazole rings is 1. The number of nitrogens with two attached hydrogens (primary N) is 1. The van der Waals surface area contributed by atoms with Gasteiger partial charge in [0.1, 0.15) is 0 Å². The van der Waals surface area contributed by atoms with Crippen molar-refractivity contribution in [3.63, 3.8) is 0 Å².